The number of aromatic amines is 1. The fraction of sp³-hybridized carbons (Fsp3) is 0.414. The maximum atomic E-state index is 13.7. The number of methoxy groups -OCH3 is 3. The second kappa shape index (κ2) is 12.7. The monoisotopic (exact) mass is 564 g/mol. The summed E-state index contributed by atoms with van der Waals surface area (Å²) in [5.41, 5.74) is 2.91. The van der Waals surface area contributed by atoms with Crippen molar-refractivity contribution in [2.45, 2.75) is 52.1 Å². The first-order valence-corrected chi connectivity index (χ1v) is 13.4. The number of amides is 2. The summed E-state index contributed by atoms with van der Waals surface area (Å²) in [4.78, 5) is 43.1. The maximum absolute atomic E-state index is 13.7. The van der Waals surface area contributed by atoms with Crippen LogP contribution in [0.5, 0.6) is 17.2 Å². The number of aromatic nitrogens is 3. The Hall–Kier alpha value is -4.61. The first-order valence-electron chi connectivity index (χ1n) is 13.4. The van der Waals surface area contributed by atoms with E-state index in [1.807, 2.05) is 26.0 Å². The van der Waals surface area contributed by atoms with Gasteiger partial charge in [-0.2, -0.15) is 10.1 Å². The molecule has 0 spiro atoms. The van der Waals surface area contributed by atoms with Gasteiger partial charge < -0.3 is 24.8 Å². The van der Waals surface area contributed by atoms with Crippen LogP contribution < -0.4 is 35.6 Å². The summed E-state index contributed by atoms with van der Waals surface area (Å²) in [6, 6.07) is 5.71. The number of anilines is 2. The van der Waals surface area contributed by atoms with Crippen molar-refractivity contribution in [2.24, 2.45) is 5.92 Å². The summed E-state index contributed by atoms with van der Waals surface area (Å²) in [7, 11) is 4.64. The number of rotatable bonds is 10. The third-order valence-corrected chi connectivity index (χ3v) is 7.38. The molecule has 3 aromatic rings. The molecule has 0 aliphatic heterocycles. The van der Waals surface area contributed by atoms with Crippen LogP contribution in [0.25, 0.3) is 11.1 Å². The normalized spacial score (nSPS) is 15.3. The zero-order chi connectivity index (χ0) is 29.7. The molecule has 0 fully saturated rings. The average molecular weight is 565 g/mol. The molecule has 4 rings (SSSR count). The Kier molecular flexibility index (Phi) is 9.10. The molecule has 3 atom stereocenters. The van der Waals surface area contributed by atoms with Gasteiger partial charge in [-0.1, -0.05) is 26.3 Å². The number of carbonyl (C=O) groups is 2. The zero-order valence-electron chi connectivity index (χ0n) is 24.1. The lowest BCUT2D eigenvalue weighted by Gasteiger charge is -2.23. The molecule has 218 valence electrons. The van der Waals surface area contributed by atoms with E-state index in [-0.39, 0.29) is 34.8 Å². The lowest BCUT2D eigenvalue weighted by atomic mass is 9.95. The lowest BCUT2D eigenvalue weighted by Crippen LogP contribution is -2.41. The highest BCUT2D eigenvalue weighted by Gasteiger charge is 2.30. The number of nitrogens with one attached hydrogen (secondary N) is 4. The summed E-state index contributed by atoms with van der Waals surface area (Å²) in [6.45, 7) is 5.34. The standard InChI is InChI=1S/C29H36N6O6/c1-7-15(2)25(28(38)34-29-30-14-31-35-29)33-21-11-9-18-19(13-22(21)37)20(32-16(3)36)10-8-17-12-23(39-4)26(40-5)27(41-6)24(17)18/h9,11-15,20,25H,7-8,10H2,1-6H3,(H,32,36)(H,33,37)(H2,30,31,34,35,38)/t15-,20+,25+/m1/s1. The van der Waals surface area contributed by atoms with Gasteiger partial charge in [-0.25, -0.2) is 5.10 Å². The van der Waals surface area contributed by atoms with E-state index in [9.17, 15) is 14.4 Å². The summed E-state index contributed by atoms with van der Waals surface area (Å²) >= 11 is 0. The Bertz CT molecular complexity index is 1480. The van der Waals surface area contributed by atoms with Crippen LogP contribution >= 0.6 is 0 Å². The number of aryl methyl sites for hydroxylation is 1. The van der Waals surface area contributed by atoms with Crippen LogP contribution in [0.3, 0.4) is 0 Å². The van der Waals surface area contributed by atoms with Crippen LogP contribution in [0.2, 0.25) is 0 Å². The van der Waals surface area contributed by atoms with E-state index in [0.29, 0.717) is 47.6 Å². The number of ether oxygens (including phenoxy) is 3. The number of fused-ring (bicyclic) bond motifs is 3. The molecular formula is C29H36N6O6. The van der Waals surface area contributed by atoms with Crippen LogP contribution in [-0.2, 0) is 16.0 Å². The number of hydrogen-bond donors (Lipinski definition) is 4. The predicted octanol–water partition coefficient (Wildman–Crippen LogP) is 3.45. The van der Waals surface area contributed by atoms with Gasteiger partial charge in [-0.15, -0.1) is 0 Å². The molecular weight excluding hydrogens is 528 g/mol. The van der Waals surface area contributed by atoms with Crippen LogP contribution in [0.15, 0.2) is 35.4 Å². The highest BCUT2D eigenvalue weighted by atomic mass is 16.5. The van der Waals surface area contributed by atoms with Crippen LogP contribution in [-0.4, -0.2) is 54.4 Å². The number of hydrogen-bond acceptors (Lipinski definition) is 9. The predicted molar refractivity (Wildman–Crippen MR) is 155 cm³/mol. The van der Waals surface area contributed by atoms with Gasteiger partial charge in [0, 0.05) is 12.5 Å². The molecule has 1 heterocycles. The van der Waals surface area contributed by atoms with Crippen molar-refractivity contribution in [3.8, 4) is 28.4 Å². The third kappa shape index (κ3) is 6.11. The molecule has 1 aromatic heterocycles. The SMILES string of the molecule is CC[C@@H](C)[C@H](Nc1ccc2c(cc1=O)[C@@H](NC(C)=O)CCc1cc(OC)c(OC)c(OC)c1-2)C(=O)Nc1ncn[nH]1. The van der Waals surface area contributed by atoms with Gasteiger partial charge in [0.1, 0.15) is 12.4 Å². The van der Waals surface area contributed by atoms with Crippen molar-refractivity contribution < 1.29 is 23.8 Å². The Morgan fingerprint density at radius 3 is 2.49 bits per heavy atom. The Balaban J connectivity index is 1.88. The number of benzene rings is 1. The molecule has 2 aromatic carbocycles. The maximum Gasteiger partial charge on any atom is 0.249 e. The third-order valence-electron chi connectivity index (χ3n) is 7.38. The Morgan fingerprint density at radius 2 is 1.88 bits per heavy atom. The topological polar surface area (TPSA) is 157 Å². The van der Waals surface area contributed by atoms with Gasteiger partial charge in [0.2, 0.25) is 28.9 Å². The molecule has 41 heavy (non-hydrogen) atoms. The fourth-order valence-electron chi connectivity index (χ4n) is 5.16. The largest absolute Gasteiger partial charge is 0.493 e. The molecule has 12 heteroatoms. The Morgan fingerprint density at radius 1 is 1.12 bits per heavy atom. The van der Waals surface area contributed by atoms with Crippen molar-refractivity contribution in [1.82, 2.24) is 20.5 Å². The van der Waals surface area contributed by atoms with E-state index >= 15 is 0 Å². The smallest absolute Gasteiger partial charge is 0.249 e. The molecule has 0 radical (unpaired) electrons. The number of H-pyrrole nitrogens is 1. The minimum Gasteiger partial charge on any atom is -0.493 e. The molecule has 4 N–H and O–H groups in total. The van der Waals surface area contributed by atoms with Crippen LogP contribution in [0, 0.1) is 5.92 Å². The second-order valence-electron chi connectivity index (χ2n) is 9.93. The fourth-order valence-corrected chi connectivity index (χ4v) is 5.16. The van der Waals surface area contributed by atoms with Crippen LogP contribution in [0.1, 0.15) is 50.8 Å². The Labute approximate surface area is 238 Å². The van der Waals surface area contributed by atoms with Crippen molar-refractivity contribution in [2.75, 3.05) is 32.0 Å². The van der Waals surface area contributed by atoms with Gasteiger partial charge in [-0.05, 0) is 53.6 Å². The molecule has 0 bridgehead atoms. The van der Waals surface area contributed by atoms with E-state index < -0.39 is 12.1 Å². The van der Waals surface area contributed by atoms with E-state index in [2.05, 4.69) is 31.1 Å². The van der Waals surface area contributed by atoms with Crippen molar-refractivity contribution in [3.63, 3.8) is 0 Å². The number of nitrogens with zero attached hydrogens (tertiary/aromatic N) is 2. The number of carbonyl (C=O) groups excluding carboxylic acids is 2. The van der Waals surface area contributed by atoms with Gasteiger partial charge in [0.15, 0.2) is 11.5 Å². The van der Waals surface area contributed by atoms with Gasteiger partial charge in [-0.3, -0.25) is 19.7 Å². The highest BCUT2D eigenvalue weighted by Crippen LogP contribution is 2.50. The molecule has 0 unspecified atom stereocenters. The van der Waals surface area contributed by atoms with Gasteiger partial charge in [0.25, 0.3) is 0 Å². The second-order valence-corrected chi connectivity index (χ2v) is 9.93. The average Bonchev–Trinajstić information content (AvgIpc) is 3.36. The molecule has 0 saturated carbocycles. The van der Waals surface area contributed by atoms with E-state index in [1.54, 1.807) is 20.3 Å². The van der Waals surface area contributed by atoms with Gasteiger partial charge >= 0.3 is 0 Å². The first kappa shape index (κ1) is 29.4. The zero-order valence-corrected chi connectivity index (χ0v) is 24.1. The molecule has 12 nitrogen and oxygen atoms in total. The molecule has 1 aliphatic carbocycles. The summed E-state index contributed by atoms with van der Waals surface area (Å²) in [5.74, 6) is 0.920. The van der Waals surface area contributed by atoms with Crippen molar-refractivity contribution in [3.05, 3.63) is 51.9 Å². The summed E-state index contributed by atoms with van der Waals surface area (Å²) < 4.78 is 17.1. The van der Waals surface area contributed by atoms with E-state index in [0.717, 1.165) is 11.1 Å². The molecule has 2 amide bonds. The van der Waals surface area contributed by atoms with Crippen molar-refractivity contribution in [1.29, 1.82) is 0 Å². The highest BCUT2D eigenvalue weighted by molar-refractivity contribution is 5.95. The summed E-state index contributed by atoms with van der Waals surface area (Å²) in [5, 5.41) is 15.2. The quantitative estimate of drug-likeness (QED) is 0.290. The minimum absolute atomic E-state index is 0.120. The molecule has 0 saturated heterocycles. The molecule has 1 aliphatic rings. The first-order chi connectivity index (χ1) is 19.7. The van der Waals surface area contributed by atoms with Crippen molar-refractivity contribution >= 4 is 23.5 Å². The van der Waals surface area contributed by atoms with E-state index in [4.69, 9.17) is 14.2 Å². The summed E-state index contributed by atoms with van der Waals surface area (Å²) in [6.07, 6.45) is 3.11. The van der Waals surface area contributed by atoms with Crippen LogP contribution in [0.4, 0.5) is 11.6 Å². The van der Waals surface area contributed by atoms with Gasteiger partial charge in [0.05, 0.1) is 33.1 Å². The van der Waals surface area contributed by atoms with E-state index in [1.165, 1.54) is 26.4 Å². The lowest BCUT2D eigenvalue weighted by molar-refractivity contribution is -0.120. The minimum atomic E-state index is -0.739.